The van der Waals surface area contributed by atoms with Crippen molar-refractivity contribution in [3.63, 3.8) is 0 Å². The van der Waals surface area contributed by atoms with Crippen molar-refractivity contribution in [3.8, 4) is 11.4 Å². The minimum Gasteiger partial charge on any atom is -0.492 e. The van der Waals surface area contributed by atoms with E-state index in [-0.39, 0.29) is 11.5 Å². The van der Waals surface area contributed by atoms with E-state index in [1.54, 1.807) is 23.0 Å². The average Bonchev–Trinajstić information content (AvgIpc) is 3.18. The minimum absolute atomic E-state index is 0.169. The van der Waals surface area contributed by atoms with Crippen molar-refractivity contribution in [1.29, 1.82) is 0 Å². The van der Waals surface area contributed by atoms with Gasteiger partial charge in [0.25, 0.3) is 0 Å². The van der Waals surface area contributed by atoms with Crippen LogP contribution in [-0.2, 0) is 17.8 Å². The lowest BCUT2D eigenvalue weighted by atomic mass is 10.2. The molecule has 1 N–H and O–H groups in total. The summed E-state index contributed by atoms with van der Waals surface area (Å²) >= 11 is 0. The fraction of sp³-hybridized carbons (Fsp3) is 0.391. The summed E-state index contributed by atoms with van der Waals surface area (Å²) in [6.45, 7) is 6.30. The number of morpholine rings is 1. The maximum Gasteiger partial charge on any atom is 0.350 e. The second kappa shape index (κ2) is 11.0. The molecule has 1 fully saturated rings. The van der Waals surface area contributed by atoms with Crippen molar-refractivity contribution in [2.45, 2.75) is 13.1 Å². The first-order valence-electron chi connectivity index (χ1n) is 10.8. The normalized spacial score (nSPS) is 14.5. The van der Waals surface area contributed by atoms with Crippen LogP contribution < -0.4 is 15.7 Å². The molecule has 1 aliphatic rings. The summed E-state index contributed by atoms with van der Waals surface area (Å²) in [6.07, 6.45) is 1.56. The first-order chi connectivity index (χ1) is 15.7. The van der Waals surface area contributed by atoms with Gasteiger partial charge in [-0.3, -0.25) is 4.90 Å². The zero-order valence-corrected chi connectivity index (χ0v) is 18.0. The fourth-order valence-electron chi connectivity index (χ4n) is 3.57. The van der Waals surface area contributed by atoms with Crippen molar-refractivity contribution in [2.24, 2.45) is 0 Å². The van der Waals surface area contributed by atoms with Crippen molar-refractivity contribution in [3.05, 3.63) is 76.7 Å². The maximum absolute atomic E-state index is 12.9. The van der Waals surface area contributed by atoms with Gasteiger partial charge < -0.3 is 14.8 Å². The van der Waals surface area contributed by atoms with E-state index >= 15 is 0 Å². The molecular weight excluding hydrogens is 413 g/mol. The molecule has 0 atom stereocenters. The van der Waals surface area contributed by atoms with E-state index in [4.69, 9.17) is 9.47 Å². The Labute approximate surface area is 186 Å². The number of hydrogen-bond acceptors (Lipinski definition) is 6. The van der Waals surface area contributed by atoms with Gasteiger partial charge in [-0.05, 0) is 42.0 Å². The Morgan fingerprint density at radius 3 is 2.72 bits per heavy atom. The van der Waals surface area contributed by atoms with Crippen LogP contribution in [0.2, 0.25) is 0 Å². The number of rotatable bonds is 10. The molecule has 2 aromatic carbocycles. The number of ether oxygens (including phenoxy) is 2. The van der Waals surface area contributed by atoms with E-state index in [9.17, 15) is 9.18 Å². The van der Waals surface area contributed by atoms with Crippen molar-refractivity contribution in [2.75, 3.05) is 46.0 Å². The lowest BCUT2D eigenvalue weighted by Crippen LogP contribution is -2.35. The molecule has 0 amide bonds. The molecule has 0 radical (unpaired) electrons. The Morgan fingerprint density at radius 2 is 1.91 bits per heavy atom. The van der Waals surface area contributed by atoms with Crippen molar-refractivity contribution >= 4 is 0 Å². The average molecular weight is 442 g/mol. The van der Waals surface area contributed by atoms with Gasteiger partial charge >= 0.3 is 5.69 Å². The minimum atomic E-state index is -0.288. The van der Waals surface area contributed by atoms with E-state index in [1.165, 1.54) is 16.8 Å². The highest BCUT2D eigenvalue weighted by Crippen LogP contribution is 2.12. The maximum atomic E-state index is 12.9. The highest BCUT2D eigenvalue weighted by atomic mass is 19.1. The molecule has 3 aromatic rings. The molecule has 8 nitrogen and oxygen atoms in total. The van der Waals surface area contributed by atoms with Crippen LogP contribution in [0.25, 0.3) is 5.69 Å². The molecule has 1 aromatic heterocycles. The number of halogens is 1. The Hall–Kier alpha value is -3.01. The molecule has 0 bridgehead atoms. The van der Waals surface area contributed by atoms with Gasteiger partial charge in [-0.1, -0.05) is 12.1 Å². The third kappa shape index (κ3) is 6.03. The summed E-state index contributed by atoms with van der Waals surface area (Å²) in [5.74, 6) is 0.336. The predicted octanol–water partition coefficient (Wildman–Crippen LogP) is 1.67. The summed E-state index contributed by atoms with van der Waals surface area (Å²) < 4.78 is 26.8. The van der Waals surface area contributed by atoms with Crippen LogP contribution in [0.15, 0.2) is 59.7 Å². The van der Waals surface area contributed by atoms with Gasteiger partial charge in [-0.25, -0.2) is 18.4 Å². The molecule has 32 heavy (non-hydrogen) atoms. The topological polar surface area (TPSA) is 73.5 Å². The molecule has 1 aliphatic heterocycles. The number of aromatic nitrogens is 3. The zero-order valence-electron chi connectivity index (χ0n) is 18.0. The Kier molecular flexibility index (Phi) is 7.65. The second-order valence-corrected chi connectivity index (χ2v) is 7.62. The fourth-order valence-corrected chi connectivity index (χ4v) is 3.57. The van der Waals surface area contributed by atoms with Gasteiger partial charge in [0.05, 0.1) is 25.4 Å². The van der Waals surface area contributed by atoms with Gasteiger partial charge in [0.2, 0.25) is 0 Å². The van der Waals surface area contributed by atoms with Crippen molar-refractivity contribution in [1.82, 2.24) is 24.6 Å². The standard InChI is InChI=1S/C23H28FN5O3/c24-20-4-6-22(7-5-20)32-13-9-25-8-10-29-23(30)28(18-26-29)21-3-1-2-19(16-21)17-27-11-14-31-15-12-27/h1-7,16,18,25H,8-15,17H2. The predicted molar refractivity (Wildman–Crippen MR) is 119 cm³/mol. The summed E-state index contributed by atoms with van der Waals surface area (Å²) in [4.78, 5) is 15.1. The monoisotopic (exact) mass is 441 g/mol. The van der Waals surface area contributed by atoms with Gasteiger partial charge in [0.15, 0.2) is 0 Å². The number of benzene rings is 2. The molecule has 0 saturated carbocycles. The quantitative estimate of drug-likeness (QED) is 0.483. The molecular formula is C23H28FN5O3. The van der Waals surface area contributed by atoms with E-state index in [2.05, 4.69) is 21.4 Å². The van der Waals surface area contributed by atoms with E-state index in [0.29, 0.717) is 32.0 Å². The Balaban J connectivity index is 1.25. The molecule has 0 spiro atoms. The lowest BCUT2D eigenvalue weighted by Gasteiger charge is -2.26. The third-order valence-electron chi connectivity index (χ3n) is 5.29. The Morgan fingerprint density at radius 1 is 1.09 bits per heavy atom. The van der Waals surface area contributed by atoms with Crippen LogP contribution >= 0.6 is 0 Å². The van der Waals surface area contributed by atoms with Crippen LogP contribution in [0.5, 0.6) is 5.75 Å². The summed E-state index contributed by atoms with van der Waals surface area (Å²) in [7, 11) is 0. The number of nitrogens with zero attached hydrogens (tertiary/aromatic N) is 4. The van der Waals surface area contributed by atoms with E-state index < -0.39 is 0 Å². The van der Waals surface area contributed by atoms with Gasteiger partial charge in [-0.15, -0.1) is 0 Å². The summed E-state index contributed by atoms with van der Waals surface area (Å²) in [5.41, 5.74) is 1.80. The summed E-state index contributed by atoms with van der Waals surface area (Å²) in [5, 5.41) is 7.47. The van der Waals surface area contributed by atoms with Crippen LogP contribution in [0.4, 0.5) is 4.39 Å². The molecule has 0 aliphatic carbocycles. The van der Waals surface area contributed by atoms with Crippen LogP contribution in [-0.4, -0.2) is 65.2 Å². The first kappa shape index (κ1) is 22.2. The Bertz CT molecular complexity index is 1040. The highest BCUT2D eigenvalue weighted by Gasteiger charge is 2.12. The van der Waals surface area contributed by atoms with Crippen molar-refractivity contribution < 1.29 is 13.9 Å². The molecule has 170 valence electrons. The van der Waals surface area contributed by atoms with E-state index in [0.717, 1.165) is 44.1 Å². The first-order valence-corrected chi connectivity index (χ1v) is 10.8. The SMILES string of the molecule is O=c1n(-c2cccc(CN3CCOCC3)c2)cnn1CCNCCOc1ccc(F)cc1. The van der Waals surface area contributed by atoms with Crippen LogP contribution in [0, 0.1) is 5.82 Å². The zero-order chi connectivity index (χ0) is 22.2. The van der Waals surface area contributed by atoms with Gasteiger partial charge in [0, 0.05) is 32.7 Å². The number of hydrogen-bond donors (Lipinski definition) is 1. The molecule has 0 unspecified atom stereocenters. The summed E-state index contributed by atoms with van der Waals surface area (Å²) in [6, 6.07) is 13.9. The van der Waals surface area contributed by atoms with E-state index in [1.807, 2.05) is 18.2 Å². The lowest BCUT2D eigenvalue weighted by molar-refractivity contribution is 0.0342. The third-order valence-corrected chi connectivity index (χ3v) is 5.29. The molecule has 9 heteroatoms. The number of nitrogens with one attached hydrogen (secondary N) is 1. The highest BCUT2D eigenvalue weighted by molar-refractivity contribution is 5.35. The van der Waals surface area contributed by atoms with Crippen LogP contribution in [0.3, 0.4) is 0 Å². The van der Waals surface area contributed by atoms with Crippen LogP contribution in [0.1, 0.15) is 5.56 Å². The molecule has 1 saturated heterocycles. The van der Waals surface area contributed by atoms with Gasteiger partial charge in [0.1, 0.15) is 24.5 Å². The molecule has 4 rings (SSSR count). The largest absolute Gasteiger partial charge is 0.492 e. The molecule has 2 heterocycles. The second-order valence-electron chi connectivity index (χ2n) is 7.62. The van der Waals surface area contributed by atoms with Gasteiger partial charge in [-0.2, -0.15) is 5.10 Å². The smallest absolute Gasteiger partial charge is 0.350 e.